The molecule has 0 saturated carbocycles. The maximum atomic E-state index is 12.4. The summed E-state index contributed by atoms with van der Waals surface area (Å²) in [4.78, 5) is 12.4. The van der Waals surface area contributed by atoms with Crippen LogP contribution in [0.2, 0.25) is 0 Å². The Morgan fingerprint density at radius 1 is 0.476 bits per heavy atom. The molecule has 0 aliphatic rings. The summed E-state index contributed by atoms with van der Waals surface area (Å²) in [6.45, 7) is -3.84. The number of carbonyl (C=O) groups is 1. The van der Waals surface area contributed by atoms with Gasteiger partial charge in [-0.1, -0.05) is 96.8 Å². The van der Waals surface area contributed by atoms with E-state index < -0.39 is 88.7 Å². The zero-order valence-corrected chi connectivity index (χ0v) is 26.1. The van der Waals surface area contributed by atoms with Crippen LogP contribution in [0.5, 0.6) is 0 Å². The molecule has 0 spiro atoms. The monoisotopic (exact) mass is 610 g/mol. The van der Waals surface area contributed by atoms with Crippen molar-refractivity contribution in [2.24, 2.45) is 10.8 Å². The van der Waals surface area contributed by atoms with Crippen molar-refractivity contribution in [3.05, 3.63) is 0 Å². The Hall–Kier alpha value is -0.890. The number of hydrogen-bond acceptors (Lipinski definition) is 11. The van der Waals surface area contributed by atoms with E-state index in [0.717, 1.165) is 19.3 Å². The van der Waals surface area contributed by atoms with E-state index in [1.165, 1.54) is 70.6 Å². The average Bonchev–Trinajstić information content (AvgIpc) is 3.03. The Labute approximate surface area is 253 Å². The lowest BCUT2D eigenvalue weighted by atomic mass is 9.92. The van der Waals surface area contributed by atoms with Crippen LogP contribution in [0.25, 0.3) is 0 Å². The highest BCUT2D eigenvalue weighted by Crippen LogP contribution is 2.25. The van der Waals surface area contributed by atoms with Gasteiger partial charge in [0.1, 0.15) is 13.2 Å². The second-order valence-corrected chi connectivity index (χ2v) is 12.0. The van der Waals surface area contributed by atoms with Gasteiger partial charge in [0.15, 0.2) is 0 Å². The molecule has 0 aliphatic heterocycles. The molecule has 11 nitrogen and oxygen atoms in total. The van der Waals surface area contributed by atoms with Gasteiger partial charge in [0.05, 0.1) is 63.7 Å². The lowest BCUT2D eigenvalue weighted by Crippen LogP contribution is -2.52. The van der Waals surface area contributed by atoms with Gasteiger partial charge in [-0.3, -0.25) is 4.79 Å². The van der Waals surface area contributed by atoms with E-state index in [4.69, 9.17) is 14.2 Å². The van der Waals surface area contributed by atoms with Crippen molar-refractivity contribution < 1.29 is 54.8 Å². The number of aliphatic hydroxyl groups excluding tert-OH is 7. The number of ether oxygens (including phenoxy) is 3. The van der Waals surface area contributed by atoms with Crippen molar-refractivity contribution in [2.45, 2.75) is 115 Å². The minimum absolute atomic E-state index is 0.168. The zero-order chi connectivity index (χ0) is 31.6. The number of unbranched alkanes of at least 4 members (excludes halogenated alkanes) is 14. The molecule has 42 heavy (non-hydrogen) atoms. The summed E-state index contributed by atoms with van der Waals surface area (Å²) in [6.07, 6.45) is 18.3. The quantitative estimate of drug-likeness (QED) is 0.0347. The van der Waals surface area contributed by atoms with Gasteiger partial charge in [-0.05, 0) is 6.42 Å². The highest BCUT2D eigenvalue weighted by molar-refractivity contribution is 5.69. The summed E-state index contributed by atoms with van der Waals surface area (Å²) < 4.78 is 16.6. The number of aliphatic hydroxyl groups is 7. The van der Waals surface area contributed by atoms with E-state index in [9.17, 15) is 40.5 Å². The van der Waals surface area contributed by atoms with Crippen LogP contribution < -0.4 is 0 Å². The fourth-order valence-electron chi connectivity index (χ4n) is 4.31. The molecule has 0 atom stereocenters. The van der Waals surface area contributed by atoms with Crippen LogP contribution in [0.15, 0.2) is 0 Å². The normalized spacial score (nSPS) is 12.7. The van der Waals surface area contributed by atoms with Crippen LogP contribution in [0.1, 0.15) is 110 Å². The summed E-state index contributed by atoms with van der Waals surface area (Å²) in [5.74, 6) is -2.51. The van der Waals surface area contributed by atoms with Crippen LogP contribution in [-0.4, -0.2) is 114 Å². The lowest BCUT2D eigenvalue weighted by Gasteiger charge is -2.38. The summed E-state index contributed by atoms with van der Waals surface area (Å²) in [7, 11) is 0. The lowest BCUT2D eigenvalue weighted by molar-refractivity contribution is -0.299. The van der Waals surface area contributed by atoms with Crippen molar-refractivity contribution in [1.82, 2.24) is 0 Å². The number of rotatable bonds is 31. The van der Waals surface area contributed by atoms with Crippen molar-refractivity contribution in [3.8, 4) is 0 Å². The molecule has 0 aromatic carbocycles. The molecule has 0 amide bonds. The Bertz CT molecular complexity index is 583. The van der Waals surface area contributed by atoms with E-state index >= 15 is 0 Å². The van der Waals surface area contributed by atoms with Crippen LogP contribution in [0, 0.1) is 10.8 Å². The van der Waals surface area contributed by atoms with Gasteiger partial charge >= 0.3 is 5.97 Å². The first-order valence-electron chi connectivity index (χ1n) is 16.0. The third-order valence-corrected chi connectivity index (χ3v) is 7.97. The molecule has 0 bridgehead atoms. The first-order valence-corrected chi connectivity index (χ1v) is 16.0. The van der Waals surface area contributed by atoms with E-state index in [0.29, 0.717) is 6.42 Å². The molecule has 7 N–H and O–H groups in total. The highest BCUT2D eigenvalue weighted by atomic mass is 16.7. The van der Waals surface area contributed by atoms with Gasteiger partial charge in [-0.15, -0.1) is 0 Å². The molecule has 0 saturated heterocycles. The van der Waals surface area contributed by atoms with Gasteiger partial charge in [0, 0.05) is 6.42 Å². The number of carbonyl (C=O) groups excluding carboxylic acids is 1. The number of esters is 1. The van der Waals surface area contributed by atoms with Crippen LogP contribution in [0.3, 0.4) is 0 Å². The Morgan fingerprint density at radius 2 is 0.810 bits per heavy atom. The molecule has 0 aliphatic carbocycles. The smallest absolute Gasteiger partial charge is 0.305 e. The fraction of sp³-hybridized carbons (Fsp3) is 0.968. The Morgan fingerprint density at radius 3 is 1.12 bits per heavy atom. The van der Waals surface area contributed by atoms with E-state index in [-0.39, 0.29) is 6.42 Å². The molecule has 11 heteroatoms. The van der Waals surface area contributed by atoms with Gasteiger partial charge in [0.2, 0.25) is 5.79 Å². The topological polar surface area (TPSA) is 186 Å². The summed E-state index contributed by atoms with van der Waals surface area (Å²) in [6, 6.07) is 0. The minimum Gasteiger partial charge on any atom is -0.460 e. The predicted molar refractivity (Wildman–Crippen MR) is 160 cm³/mol. The third-order valence-electron chi connectivity index (χ3n) is 7.97. The van der Waals surface area contributed by atoms with E-state index in [1.807, 2.05) is 0 Å². The van der Waals surface area contributed by atoms with E-state index in [1.54, 1.807) is 0 Å². The molecule has 0 aromatic rings. The van der Waals surface area contributed by atoms with Gasteiger partial charge in [-0.25, -0.2) is 0 Å². The molecule has 0 fully saturated rings. The first kappa shape index (κ1) is 41.1. The van der Waals surface area contributed by atoms with Crippen LogP contribution >= 0.6 is 0 Å². The van der Waals surface area contributed by atoms with Crippen molar-refractivity contribution in [3.63, 3.8) is 0 Å². The molecule has 0 heterocycles. The van der Waals surface area contributed by atoms with Crippen LogP contribution in [-0.2, 0) is 19.0 Å². The van der Waals surface area contributed by atoms with Gasteiger partial charge in [-0.2, -0.15) is 0 Å². The second kappa shape index (κ2) is 25.4. The molecule has 0 radical (unpaired) electrons. The standard InChI is InChI=1S/C31H62O11/c1-2-3-4-5-6-7-8-9-10-11-12-13-14-15-16-17-28(39)40-27-31(24-38,41-25-29(18-32,19-33)20-34)42-26-30(21-35,22-36)23-37/h32-38H,2-27H2,1H3. The average molecular weight is 611 g/mol. The molecule has 0 rings (SSSR count). The van der Waals surface area contributed by atoms with Crippen LogP contribution in [0.4, 0.5) is 0 Å². The molecular weight excluding hydrogens is 548 g/mol. The highest BCUT2D eigenvalue weighted by Gasteiger charge is 2.41. The second-order valence-electron chi connectivity index (χ2n) is 12.0. The fourth-order valence-corrected chi connectivity index (χ4v) is 4.31. The number of hydrogen-bond donors (Lipinski definition) is 7. The molecule has 0 aromatic heterocycles. The summed E-state index contributed by atoms with van der Waals surface area (Å²) in [5, 5.41) is 67.8. The van der Waals surface area contributed by atoms with Crippen molar-refractivity contribution in [1.29, 1.82) is 0 Å². The predicted octanol–water partition coefficient (Wildman–Crippen LogP) is 2.44. The summed E-state index contributed by atoms with van der Waals surface area (Å²) in [5.41, 5.74) is -2.91. The van der Waals surface area contributed by atoms with Crippen molar-refractivity contribution in [2.75, 3.05) is 66.1 Å². The SMILES string of the molecule is CCCCCCCCCCCCCCCCCC(=O)OCC(CO)(OCC(CO)(CO)CO)OCC(CO)(CO)CO. The minimum atomic E-state index is -1.99. The largest absolute Gasteiger partial charge is 0.460 e. The van der Waals surface area contributed by atoms with E-state index in [2.05, 4.69) is 6.92 Å². The molecular formula is C31H62O11. The maximum absolute atomic E-state index is 12.4. The summed E-state index contributed by atoms with van der Waals surface area (Å²) >= 11 is 0. The van der Waals surface area contributed by atoms with Crippen molar-refractivity contribution >= 4 is 5.97 Å². The molecule has 252 valence electrons. The zero-order valence-electron chi connectivity index (χ0n) is 26.1. The van der Waals surface area contributed by atoms with Gasteiger partial charge < -0.3 is 50.0 Å². The molecule has 0 unspecified atom stereocenters. The maximum Gasteiger partial charge on any atom is 0.305 e. The Balaban J connectivity index is 4.52. The first-order chi connectivity index (χ1) is 20.3. The Kier molecular flexibility index (Phi) is 24.9. The third kappa shape index (κ3) is 17.4. The van der Waals surface area contributed by atoms with Gasteiger partial charge in [0.25, 0.3) is 0 Å².